The summed E-state index contributed by atoms with van der Waals surface area (Å²) < 4.78 is 4.84. The van der Waals surface area contributed by atoms with Gasteiger partial charge >= 0.3 is 5.97 Å². The maximum atomic E-state index is 11.6. The summed E-state index contributed by atoms with van der Waals surface area (Å²) >= 11 is 0. The molecular formula is C13H26N2O2. The smallest absolute Gasteiger partial charge is 0.309 e. The van der Waals surface area contributed by atoms with Crippen LogP contribution in [-0.2, 0) is 9.53 Å². The second-order valence-electron chi connectivity index (χ2n) is 5.13. The Balaban J connectivity index is 2.45. The van der Waals surface area contributed by atoms with Crippen LogP contribution in [-0.4, -0.2) is 62.7 Å². The third-order valence-electron chi connectivity index (χ3n) is 3.76. The first-order valence-corrected chi connectivity index (χ1v) is 6.55. The van der Waals surface area contributed by atoms with E-state index >= 15 is 0 Å². The van der Waals surface area contributed by atoms with Gasteiger partial charge in [-0.1, -0.05) is 6.92 Å². The molecule has 1 heterocycles. The minimum Gasteiger partial charge on any atom is -0.469 e. The molecule has 1 aliphatic rings. The number of methoxy groups -OCH3 is 1. The third kappa shape index (κ3) is 4.28. The van der Waals surface area contributed by atoms with Gasteiger partial charge in [0.05, 0.1) is 13.0 Å². The number of piperidine rings is 1. The molecule has 0 aromatic rings. The van der Waals surface area contributed by atoms with Crippen LogP contribution < -0.4 is 0 Å². The van der Waals surface area contributed by atoms with E-state index in [1.807, 2.05) is 6.92 Å². The van der Waals surface area contributed by atoms with Crippen molar-refractivity contribution in [2.24, 2.45) is 5.92 Å². The van der Waals surface area contributed by atoms with Gasteiger partial charge in [0.2, 0.25) is 0 Å². The van der Waals surface area contributed by atoms with E-state index in [1.54, 1.807) is 0 Å². The van der Waals surface area contributed by atoms with Crippen molar-refractivity contribution in [3.63, 3.8) is 0 Å². The average Bonchev–Trinajstić information content (AvgIpc) is 2.34. The predicted octanol–water partition coefficient (Wildman–Crippen LogP) is 1.21. The van der Waals surface area contributed by atoms with E-state index in [4.69, 9.17) is 4.74 Å². The number of hydrogen-bond acceptors (Lipinski definition) is 4. The lowest BCUT2D eigenvalue weighted by Gasteiger charge is -2.36. The number of likely N-dealkylation sites (N-methyl/N-ethyl adjacent to an activating group) is 2. The van der Waals surface area contributed by atoms with Crippen LogP contribution in [0.2, 0.25) is 0 Å². The Morgan fingerprint density at radius 3 is 2.82 bits per heavy atom. The molecule has 0 aromatic carbocycles. The Bertz CT molecular complexity index is 246. The standard InChI is InChI=1S/C13H26N2O2/c1-5-11(13(16)17-4)9-15(3)12-7-6-8-14(2)10-12/h11-12H,5-10H2,1-4H3. The van der Waals surface area contributed by atoms with E-state index in [9.17, 15) is 4.79 Å². The summed E-state index contributed by atoms with van der Waals surface area (Å²) in [6, 6.07) is 0.576. The molecule has 1 fully saturated rings. The van der Waals surface area contributed by atoms with Crippen LogP contribution in [0, 0.1) is 5.92 Å². The van der Waals surface area contributed by atoms with Crippen LogP contribution in [0.4, 0.5) is 0 Å². The Labute approximate surface area is 105 Å². The number of carbonyl (C=O) groups excluding carboxylic acids is 1. The SMILES string of the molecule is CCC(CN(C)C1CCCN(C)C1)C(=O)OC. The lowest BCUT2D eigenvalue weighted by atomic mass is 10.0. The number of hydrogen-bond donors (Lipinski definition) is 0. The Morgan fingerprint density at radius 2 is 2.29 bits per heavy atom. The van der Waals surface area contributed by atoms with E-state index in [0.717, 1.165) is 19.5 Å². The summed E-state index contributed by atoms with van der Waals surface area (Å²) in [5, 5.41) is 0. The number of rotatable bonds is 5. The summed E-state index contributed by atoms with van der Waals surface area (Å²) in [6.07, 6.45) is 3.33. The molecule has 0 aliphatic carbocycles. The zero-order valence-corrected chi connectivity index (χ0v) is 11.6. The summed E-state index contributed by atoms with van der Waals surface area (Å²) in [5.74, 6) is -0.0688. The van der Waals surface area contributed by atoms with E-state index in [1.165, 1.54) is 26.5 Å². The molecule has 4 heteroatoms. The van der Waals surface area contributed by atoms with Gasteiger partial charge in [-0.3, -0.25) is 4.79 Å². The van der Waals surface area contributed by atoms with Gasteiger partial charge in [0.15, 0.2) is 0 Å². The molecule has 0 bridgehead atoms. The van der Waals surface area contributed by atoms with E-state index in [0.29, 0.717) is 6.04 Å². The lowest BCUT2D eigenvalue weighted by Crippen LogP contribution is -2.47. The third-order valence-corrected chi connectivity index (χ3v) is 3.76. The van der Waals surface area contributed by atoms with Crippen LogP contribution in [0.1, 0.15) is 26.2 Å². The average molecular weight is 242 g/mol. The fourth-order valence-electron chi connectivity index (χ4n) is 2.53. The highest BCUT2D eigenvalue weighted by Gasteiger charge is 2.25. The van der Waals surface area contributed by atoms with Crippen molar-refractivity contribution in [2.45, 2.75) is 32.2 Å². The van der Waals surface area contributed by atoms with E-state index in [2.05, 4.69) is 23.9 Å². The van der Waals surface area contributed by atoms with Crippen LogP contribution in [0.5, 0.6) is 0 Å². The van der Waals surface area contributed by atoms with Crippen molar-refractivity contribution in [3.05, 3.63) is 0 Å². The van der Waals surface area contributed by atoms with Crippen molar-refractivity contribution < 1.29 is 9.53 Å². The van der Waals surface area contributed by atoms with Gasteiger partial charge in [-0.2, -0.15) is 0 Å². The van der Waals surface area contributed by atoms with Gasteiger partial charge < -0.3 is 14.5 Å². The fourth-order valence-corrected chi connectivity index (χ4v) is 2.53. The number of carbonyl (C=O) groups is 1. The van der Waals surface area contributed by atoms with Gasteiger partial charge in [-0.15, -0.1) is 0 Å². The van der Waals surface area contributed by atoms with Crippen molar-refractivity contribution >= 4 is 5.97 Å². The number of ether oxygens (including phenoxy) is 1. The molecule has 0 spiro atoms. The van der Waals surface area contributed by atoms with Gasteiger partial charge in [0.1, 0.15) is 0 Å². The van der Waals surface area contributed by atoms with Crippen molar-refractivity contribution in [2.75, 3.05) is 40.8 Å². The summed E-state index contributed by atoms with van der Waals surface area (Å²) in [7, 11) is 5.76. The summed E-state index contributed by atoms with van der Waals surface area (Å²) in [6.45, 7) is 5.15. The second kappa shape index (κ2) is 6.97. The number of nitrogens with zero attached hydrogens (tertiary/aromatic N) is 2. The fraction of sp³-hybridized carbons (Fsp3) is 0.923. The van der Waals surface area contributed by atoms with Crippen LogP contribution in [0.15, 0.2) is 0 Å². The topological polar surface area (TPSA) is 32.8 Å². The highest BCUT2D eigenvalue weighted by atomic mass is 16.5. The molecule has 0 radical (unpaired) electrons. The Hall–Kier alpha value is -0.610. The molecule has 100 valence electrons. The first kappa shape index (κ1) is 14.5. The van der Waals surface area contributed by atoms with Crippen molar-refractivity contribution in [1.82, 2.24) is 9.80 Å². The predicted molar refractivity (Wildman–Crippen MR) is 68.9 cm³/mol. The van der Waals surface area contributed by atoms with Gasteiger partial charge in [0, 0.05) is 19.1 Å². The van der Waals surface area contributed by atoms with Crippen molar-refractivity contribution in [1.29, 1.82) is 0 Å². The number of likely N-dealkylation sites (tertiary alicyclic amines) is 1. The van der Waals surface area contributed by atoms with E-state index in [-0.39, 0.29) is 11.9 Å². The van der Waals surface area contributed by atoms with Gasteiger partial charge in [-0.25, -0.2) is 0 Å². The molecule has 1 saturated heterocycles. The largest absolute Gasteiger partial charge is 0.469 e. The molecule has 4 nitrogen and oxygen atoms in total. The molecule has 0 N–H and O–H groups in total. The van der Waals surface area contributed by atoms with Gasteiger partial charge in [-0.05, 0) is 39.9 Å². The zero-order valence-electron chi connectivity index (χ0n) is 11.6. The maximum absolute atomic E-state index is 11.6. The maximum Gasteiger partial charge on any atom is 0.309 e. The van der Waals surface area contributed by atoms with Crippen molar-refractivity contribution in [3.8, 4) is 0 Å². The molecule has 0 aromatic heterocycles. The zero-order chi connectivity index (χ0) is 12.8. The highest BCUT2D eigenvalue weighted by molar-refractivity contribution is 5.72. The molecule has 2 atom stereocenters. The van der Waals surface area contributed by atoms with Crippen LogP contribution in [0.3, 0.4) is 0 Å². The van der Waals surface area contributed by atoms with Gasteiger partial charge in [0.25, 0.3) is 0 Å². The highest BCUT2D eigenvalue weighted by Crippen LogP contribution is 2.16. The second-order valence-corrected chi connectivity index (χ2v) is 5.13. The molecule has 0 amide bonds. The van der Waals surface area contributed by atoms with Crippen LogP contribution >= 0.6 is 0 Å². The Kier molecular flexibility index (Phi) is 5.92. The molecule has 1 rings (SSSR count). The first-order chi connectivity index (χ1) is 8.08. The molecule has 17 heavy (non-hydrogen) atoms. The molecule has 1 aliphatic heterocycles. The Morgan fingerprint density at radius 1 is 1.59 bits per heavy atom. The molecular weight excluding hydrogens is 216 g/mol. The minimum atomic E-state index is -0.0801. The number of esters is 1. The first-order valence-electron chi connectivity index (χ1n) is 6.55. The monoisotopic (exact) mass is 242 g/mol. The molecule has 0 saturated carbocycles. The minimum absolute atomic E-state index is 0.0113. The lowest BCUT2D eigenvalue weighted by molar-refractivity contribution is -0.146. The summed E-state index contributed by atoms with van der Waals surface area (Å²) in [4.78, 5) is 16.3. The van der Waals surface area contributed by atoms with Crippen LogP contribution in [0.25, 0.3) is 0 Å². The van der Waals surface area contributed by atoms with E-state index < -0.39 is 0 Å². The molecule has 2 unspecified atom stereocenters. The normalized spacial score (nSPS) is 23.7. The quantitative estimate of drug-likeness (QED) is 0.679. The summed E-state index contributed by atoms with van der Waals surface area (Å²) in [5.41, 5.74) is 0.